The lowest BCUT2D eigenvalue weighted by Crippen LogP contribution is -2.38. The van der Waals surface area contributed by atoms with Crippen molar-refractivity contribution >= 4 is 0 Å². The molecule has 0 bridgehead atoms. The van der Waals surface area contributed by atoms with Gasteiger partial charge in [-0.05, 0) is 24.6 Å². The van der Waals surface area contributed by atoms with Gasteiger partial charge in [0, 0.05) is 63.9 Å². The summed E-state index contributed by atoms with van der Waals surface area (Å²) in [6, 6.07) is 4.15. The van der Waals surface area contributed by atoms with Crippen LogP contribution in [-0.4, -0.2) is 64.0 Å². The number of hydrogen-bond acceptors (Lipinski definition) is 5. The highest BCUT2D eigenvalue weighted by Crippen LogP contribution is 2.10. The van der Waals surface area contributed by atoms with E-state index in [4.69, 9.17) is 4.74 Å². The molecule has 0 spiro atoms. The summed E-state index contributed by atoms with van der Waals surface area (Å²) < 4.78 is 7.29. The van der Waals surface area contributed by atoms with Crippen LogP contribution in [0.15, 0.2) is 36.9 Å². The lowest BCUT2D eigenvalue weighted by atomic mass is 10.2. The molecule has 1 saturated heterocycles. The van der Waals surface area contributed by atoms with Gasteiger partial charge in [0.2, 0.25) is 0 Å². The van der Waals surface area contributed by atoms with E-state index in [0.717, 1.165) is 52.5 Å². The van der Waals surface area contributed by atoms with Gasteiger partial charge in [0.25, 0.3) is 0 Å². The van der Waals surface area contributed by atoms with Crippen molar-refractivity contribution in [1.82, 2.24) is 24.6 Å². The zero-order valence-electron chi connectivity index (χ0n) is 14.5. The van der Waals surface area contributed by atoms with Crippen molar-refractivity contribution in [2.75, 3.05) is 39.4 Å². The predicted octanol–water partition coefficient (Wildman–Crippen LogP) is 1.54. The van der Waals surface area contributed by atoms with Crippen LogP contribution in [0.25, 0.3) is 0 Å². The highest BCUT2D eigenvalue weighted by atomic mass is 16.5. The number of nitrogens with zero attached hydrogens (tertiary/aromatic N) is 5. The zero-order valence-corrected chi connectivity index (χ0v) is 14.5. The summed E-state index contributed by atoms with van der Waals surface area (Å²) in [7, 11) is 1.97. The van der Waals surface area contributed by atoms with E-state index in [-0.39, 0.29) is 0 Å². The van der Waals surface area contributed by atoms with Gasteiger partial charge in [-0.3, -0.25) is 19.5 Å². The minimum absolute atomic E-state index is 0.870. The maximum Gasteiger partial charge on any atom is 0.0594 e. The minimum Gasteiger partial charge on any atom is -0.379 e. The molecule has 0 aromatic carbocycles. The predicted molar refractivity (Wildman–Crippen MR) is 93.4 cm³/mol. The largest absolute Gasteiger partial charge is 0.379 e. The number of aryl methyl sites for hydroxylation is 1. The summed E-state index contributed by atoms with van der Waals surface area (Å²) in [5.41, 5.74) is 2.51. The molecule has 0 atom stereocenters. The van der Waals surface area contributed by atoms with E-state index in [0.29, 0.717) is 0 Å². The molecule has 3 heterocycles. The van der Waals surface area contributed by atoms with Crippen LogP contribution in [0.5, 0.6) is 0 Å². The van der Waals surface area contributed by atoms with E-state index in [1.807, 2.05) is 36.4 Å². The molecule has 1 aliphatic rings. The van der Waals surface area contributed by atoms with E-state index in [9.17, 15) is 0 Å². The highest BCUT2D eigenvalue weighted by Gasteiger charge is 2.12. The first-order valence-electron chi connectivity index (χ1n) is 8.68. The topological polar surface area (TPSA) is 46.4 Å². The highest BCUT2D eigenvalue weighted by molar-refractivity contribution is 5.09. The average Bonchev–Trinajstić information content (AvgIpc) is 3.01. The van der Waals surface area contributed by atoms with E-state index < -0.39 is 0 Å². The number of rotatable bonds is 8. The lowest BCUT2D eigenvalue weighted by molar-refractivity contribution is 0.0359. The van der Waals surface area contributed by atoms with Crippen molar-refractivity contribution in [3.63, 3.8) is 0 Å². The average molecular weight is 329 g/mol. The van der Waals surface area contributed by atoms with Crippen molar-refractivity contribution in [3.8, 4) is 0 Å². The maximum absolute atomic E-state index is 5.42. The first-order valence-corrected chi connectivity index (χ1v) is 8.68. The Balaban J connectivity index is 1.54. The Morgan fingerprint density at radius 3 is 2.71 bits per heavy atom. The molecule has 3 rings (SSSR count). The van der Waals surface area contributed by atoms with Crippen LogP contribution >= 0.6 is 0 Å². The van der Waals surface area contributed by atoms with Crippen LogP contribution in [0.4, 0.5) is 0 Å². The molecule has 0 saturated carbocycles. The summed E-state index contributed by atoms with van der Waals surface area (Å²) in [5, 5.41) is 4.29. The number of aromatic nitrogens is 3. The maximum atomic E-state index is 5.42. The Kier molecular flexibility index (Phi) is 6.34. The fraction of sp³-hybridized carbons (Fsp3) is 0.556. The van der Waals surface area contributed by atoms with Crippen LogP contribution in [0, 0.1) is 0 Å². The summed E-state index contributed by atoms with van der Waals surface area (Å²) in [5.74, 6) is 0. The fourth-order valence-electron chi connectivity index (χ4n) is 3.12. The number of morpholine rings is 1. The lowest BCUT2D eigenvalue weighted by Gasteiger charge is -2.28. The molecule has 0 unspecified atom stereocenters. The third-order valence-electron chi connectivity index (χ3n) is 4.35. The standard InChI is InChI=1S/C18H27N5O/c1-21-14-18(13-20-21)16-23(15-17-4-2-5-19-12-17)7-3-6-22-8-10-24-11-9-22/h2,4-5,12-14H,3,6-11,15-16H2,1H3. The molecule has 1 fully saturated rings. The molecule has 6 heteroatoms. The van der Waals surface area contributed by atoms with Crippen LogP contribution in [-0.2, 0) is 24.9 Å². The first-order chi connectivity index (χ1) is 11.8. The molecule has 0 N–H and O–H groups in total. The molecule has 0 radical (unpaired) electrons. The van der Waals surface area contributed by atoms with Crippen LogP contribution in [0.3, 0.4) is 0 Å². The molecule has 130 valence electrons. The number of ether oxygens (including phenoxy) is 1. The van der Waals surface area contributed by atoms with Gasteiger partial charge in [0.1, 0.15) is 0 Å². The van der Waals surface area contributed by atoms with Crippen LogP contribution < -0.4 is 0 Å². The van der Waals surface area contributed by atoms with Crippen LogP contribution in [0.2, 0.25) is 0 Å². The van der Waals surface area contributed by atoms with Crippen molar-refractivity contribution in [1.29, 1.82) is 0 Å². The second-order valence-electron chi connectivity index (χ2n) is 6.40. The van der Waals surface area contributed by atoms with Crippen molar-refractivity contribution in [2.45, 2.75) is 19.5 Å². The molecule has 0 amide bonds. The molecule has 6 nitrogen and oxygen atoms in total. The van der Waals surface area contributed by atoms with Crippen molar-refractivity contribution in [3.05, 3.63) is 48.0 Å². The van der Waals surface area contributed by atoms with Gasteiger partial charge >= 0.3 is 0 Å². The summed E-state index contributed by atoms with van der Waals surface area (Å²) in [6.07, 6.45) is 9.00. The Morgan fingerprint density at radius 2 is 2.00 bits per heavy atom. The fourth-order valence-corrected chi connectivity index (χ4v) is 3.12. The molecule has 1 aliphatic heterocycles. The number of pyridine rings is 1. The van der Waals surface area contributed by atoms with Crippen molar-refractivity contribution in [2.24, 2.45) is 7.05 Å². The Labute approximate surface area is 144 Å². The zero-order chi connectivity index (χ0) is 16.6. The van der Waals surface area contributed by atoms with Gasteiger partial charge < -0.3 is 4.74 Å². The minimum atomic E-state index is 0.870. The van der Waals surface area contributed by atoms with Crippen LogP contribution in [0.1, 0.15) is 17.5 Å². The van der Waals surface area contributed by atoms with Gasteiger partial charge in [-0.25, -0.2) is 0 Å². The third-order valence-corrected chi connectivity index (χ3v) is 4.35. The molecular weight excluding hydrogens is 302 g/mol. The SMILES string of the molecule is Cn1cc(CN(CCCN2CCOCC2)Cc2cccnc2)cn1. The van der Waals surface area contributed by atoms with E-state index in [1.54, 1.807) is 0 Å². The van der Waals surface area contributed by atoms with Gasteiger partial charge in [-0.1, -0.05) is 6.07 Å². The Bertz CT molecular complexity index is 594. The summed E-state index contributed by atoms with van der Waals surface area (Å²) >= 11 is 0. The molecule has 2 aromatic heterocycles. The second kappa shape index (κ2) is 8.92. The molecule has 2 aromatic rings. The Hall–Kier alpha value is -1.76. The second-order valence-corrected chi connectivity index (χ2v) is 6.40. The molecule has 0 aliphatic carbocycles. The first kappa shape index (κ1) is 17.1. The quantitative estimate of drug-likeness (QED) is 0.735. The normalized spacial score (nSPS) is 15.9. The van der Waals surface area contributed by atoms with Crippen molar-refractivity contribution < 1.29 is 4.74 Å². The van der Waals surface area contributed by atoms with Gasteiger partial charge in [0.05, 0.1) is 19.4 Å². The van der Waals surface area contributed by atoms with E-state index in [1.165, 1.54) is 17.5 Å². The third kappa shape index (κ3) is 5.40. The molecular formula is C18H27N5O. The van der Waals surface area contributed by atoms with E-state index in [2.05, 4.69) is 32.1 Å². The Morgan fingerprint density at radius 1 is 1.17 bits per heavy atom. The number of hydrogen-bond donors (Lipinski definition) is 0. The smallest absolute Gasteiger partial charge is 0.0594 e. The van der Waals surface area contributed by atoms with Gasteiger partial charge in [-0.15, -0.1) is 0 Å². The van der Waals surface area contributed by atoms with Gasteiger partial charge in [0.15, 0.2) is 0 Å². The summed E-state index contributed by atoms with van der Waals surface area (Å²) in [4.78, 5) is 9.21. The molecule has 24 heavy (non-hydrogen) atoms. The van der Waals surface area contributed by atoms with Gasteiger partial charge in [-0.2, -0.15) is 5.10 Å². The summed E-state index contributed by atoms with van der Waals surface area (Å²) in [6.45, 7) is 7.92. The monoisotopic (exact) mass is 329 g/mol. The van der Waals surface area contributed by atoms with E-state index >= 15 is 0 Å².